The number of nitrogens with one attached hydrogen (secondary N) is 1. The molecular weight excluding hydrogens is 289 g/mol. The maximum absolute atomic E-state index is 13.5. The summed E-state index contributed by atoms with van der Waals surface area (Å²) in [5, 5.41) is 3.76. The predicted molar refractivity (Wildman–Crippen MR) is 87.0 cm³/mol. The smallest absolute Gasteiger partial charge is 0.225 e. The molecule has 1 aliphatic heterocycles. The number of hydrogen-bond acceptors (Lipinski definition) is 4. The highest BCUT2D eigenvalue weighted by molar-refractivity contribution is 8.00. The third-order valence-corrected chi connectivity index (χ3v) is 4.64. The molecule has 1 aromatic carbocycles. The second kappa shape index (κ2) is 7.13. The van der Waals surface area contributed by atoms with Gasteiger partial charge in [0.15, 0.2) is 0 Å². The molecule has 116 valence electrons. The van der Waals surface area contributed by atoms with Crippen LogP contribution in [-0.4, -0.2) is 40.9 Å². The standard InChI is InChI=1S/C15H22FN3OS/c1-10-8-19(9-11(2)21-10)6-5-15(20)18-14-7-12(17)3-4-13(14)16/h3-4,7,10-11H,5-6,8-9,17H2,1-2H3,(H,18,20). The van der Waals surface area contributed by atoms with E-state index in [1.54, 1.807) is 0 Å². The fourth-order valence-corrected chi connectivity index (χ4v) is 3.96. The number of hydrogen-bond donors (Lipinski definition) is 2. The summed E-state index contributed by atoms with van der Waals surface area (Å²) >= 11 is 1.98. The Bertz CT molecular complexity index is 502. The van der Waals surface area contributed by atoms with Crippen molar-refractivity contribution in [2.45, 2.75) is 30.8 Å². The molecule has 6 heteroatoms. The van der Waals surface area contributed by atoms with Crippen LogP contribution in [-0.2, 0) is 4.79 Å². The van der Waals surface area contributed by atoms with E-state index in [0.717, 1.165) is 13.1 Å². The summed E-state index contributed by atoms with van der Waals surface area (Å²) in [6.45, 7) is 7.10. The Kier molecular flexibility index (Phi) is 5.47. The monoisotopic (exact) mass is 311 g/mol. The van der Waals surface area contributed by atoms with Gasteiger partial charge in [0.05, 0.1) is 5.69 Å². The van der Waals surface area contributed by atoms with Gasteiger partial charge in [-0.2, -0.15) is 11.8 Å². The SMILES string of the molecule is CC1CN(CCC(=O)Nc2cc(N)ccc2F)CC(C)S1. The fourth-order valence-electron chi connectivity index (χ4n) is 2.58. The lowest BCUT2D eigenvalue weighted by atomic mass is 10.2. The Hall–Kier alpha value is -1.27. The molecule has 1 saturated heterocycles. The summed E-state index contributed by atoms with van der Waals surface area (Å²) in [5.41, 5.74) is 6.18. The summed E-state index contributed by atoms with van der Waals surface area (Å²) < 4.78 is 13.5. The largest absolute Gasteiger partial charge is 0.399 e. The zero-order valence-corrected chi connectivity index (χ0v) is 13.3. The van der Waals surface area contributed by atoms with Crippen LogP contribution in [0.1, 0.15) is 20.3 Å². The van der Waals surface area contributed by atoms with E-state index in [9.17, 15) is 9.18 Å². The first kappa shape index (κ1) is 16.1. The van der Waals surface area contributed by atoms with Crippen LogP contribution in [0.25, 0.3) is 0 Å². The number of carbonyl (C=O) groups is 1. The average molecular weight is 311 g/mol. The number of thioether (sulfide) groups is 1. The van der Waals surface area contributed by atoms with Gasteiger partial charge in [0.25, 0.3) is 0 Å². The van der Waals surface area contributed by atoms with Crippen LogP contribution in [0.4, 0.5) is 15.8 Å². The van der Waals surface area contributed by atoms with E-state index in [1.807, 2.05) is 11.8 Å². The average Bonchev–Trinajstić information content (AvgIpc) is 2.40. The van der Waals surface area contributed by atoms with Crippen LogP contribution in [0.2, 0.25) is 0 Å². The quantitative estimate of drug-likeness (QED) is 0.839. The first-order valence-electron chi connectivity index (χ1n) is 7.16. The maximum atomic E-state index is 13.5. The van der Waals surface area contributed by atoms with Crippen LogP contribution >= 0.6 is 11.8 Å². The molecule has 0 bridgehead atoms. The van der Waals surface area contributed by atoms with E-state index in [2.05, 4.69) is 24.1 Å². The summed E-state index contributed by atoms with van der Waals surface area (Å²) in [4.78, 5) is 14.2. The molecule has 1 amide bonds. The van der Waals surface area contributed by atoms with Gasteiger partial charge in [-0.15, -0.1) is 0 Å². The Morgan fingerprint density at radius 3 is 2.76 bits per heavy atom. The minimum Gasteiger partial charge on any atom is -0.399 e. The van der Waals surface area contributed by atoms with Crippen molar-refractivity contribution in [3.63, 3.8) is 0 Å². The van der Waals surface area contributed by atoms with Crippen LogP contribution in [0.15, 0.2) is 18.2 Å². The summed E-state index contributed by atoms with van der Waals surface area (Å²) in [7, 11) is 0. The number of amides is 1. The van der Waals surface area contributed by atoms with E-state index >= 15 is 0 Å². The van der Waals surface area contributed by atoms with Crippen molar-refractivity contribution in [2.24, 2.45) is 0 Å². The number of halogens is 1. The first-order chi connectivity index (χ1) is 9.94. The highest BCUT2D eigenvalue weighted by Gasteiger charge is 2.22. The van der Waals surface area contributed by atoms with Gasteiger partial charge in [-0.05, 0) is 18.2 Å². The van der Waals surface area contributed by atoms with Crippen molar-refractivity contribution < 1.29 is 9.18 Å². The van der Waals surface area contributed by atoms with Crippen molar-refractivity contribution in [3.05, 3.63) is 24.0 Å². The molecule has 0 spiro atoms. The van der Waals surface area contributed by atoms with E-state index in [4.69, 9.17) is 5.73 Å². The van der Waals surface area contributed by atoms with Crippen molar-refractivity contribution in [3.8, 4) is 0 Å². The van der Waals surface area contributed by atoms with E-state index < -0.39 is 5.82 Å². The summed E-state index contributed by atoms with van der Waals surface area (Å²) in [6, 6.07) is 4.17. The number of nitrogen functional groups attached to an aromatic ring is 1. The molecule has 1 heterocycles. The third kappa shape index (κ3) is 4.89. The fraction of sp³-hybridized carbons (Fsp3) is 0.533. The number of rotatable bonds is 4. The summed E-state index contributed by atoms with van der Waals surface area (Å²) in [6.07, 6.45) is 0.359. The zero-order chi connectivity index (χ0) is 15.4. The summed E-state index contributed by atoms with van der Waals surface area (Å²) in [5.74, 6) is -0.646. The van der Waals surface area contributed by atoms with Crippen molar-refractivity contribution in [1.29, 1.82) is 0 Å². The molecule has 3 N–H and O–H groups in total. The van der Waals surface area contributed by atoms with Crippen LogP contribution in [0.3, 0.4) is 0 Å². The van der Waals surface area contributed by atoms with Crippen molar-refractivity contribution in [1.82, 2.24) is 4.90 Å². The van der Waals surface area contributed by atoms with E-state index in [-0.39, 0.29) is 11.6 Å². The number of anilines is 2. The lowest BCUT2D eigenvalue weighted by Crippen LogP contribution is -2.41. The Morgan fingerprint density at radius 1 is 1.43 bits per heavy atom. The van der Waals surface area contributed by atoms with Gasteiger partial charge in [0.1, 0.15) is 5.82 Å². The van der Waals surface area contributed by atoms with Crippen molar-refractivity contribution in [2.75, 3.05) is 30.7 Å². The van der Waals surface area contributed by atoms with E-state index in [1.165, 1.54) is 18.2 Å². The topological polar surface area (TPSA) is 58.4 Å². The normalized spacial score (nSPS) is 23.0. The molecule has 1 aliphatic rings. The molecule has 2 unspecified atom stereocenters. The van der Waals surface area contributed by atoms with E-state index in [0.29, 0.717) is 29.2 Å². The minimum absolute atomic E-state index is 0.149. The highest BCUT2D eigenvalue weighted by atomic mass is 32.2. The lowest BCUT2D eigenvalue weighted by molar-refractivity contribution is -0.116. The van der Waals surface area contributed by atoms with Crippen LogP contribution in [0.5, 0.6) is 0 Å². The molecule has 0 saturated carbocycles. The van der Waals surface area contributed by atoms with Gasteiger partial charge in [0.2, 0.25) is 5.91 Å². The maximum Gasteiger partial charge on any atom is 0.225 e. The molecule has 21 heavy (non-hydrogen) atoms. The molecule has 2 atom stereocenters. The molecule has 4 nitrogen and oxygen atoms in total. The van der Waals surface area contributed by atoms with Crippen molar-refractivity contribution >= 4 is 29.0 Å². The Morgan fingerprint density at radius 2 is 2.10 bits per heavy atom. The molecule has 0 radical (unpaired) electrons. The van der Waals surface area contributed by atoms with Crippen LogP contribution in [0, 0.1) is 5.82 Å². The molecule has 0 aromatic heterocycles. The second-order valence-corrected chi connectivity index (χ2v) is 7.44. The van der Waals surface area contributed by atoms with Gasteiger partial charge in [-0.25, -0.2) is 4.39 Å². The molecule has 1 fully saturated rings. The number of benzene rings is 1. The van der Waals surface area contributed by atoms with Gasteiger partial charge in [-0.3, -0.25) is 4.79 Å². The molecular formula is C15H22FN3OS. The number of nitrogens with zero attached hydrogens (tertiary/aromatic N) is 1. The predicted octanol–water partition coefficient (Wildman–Crippen LogP) is 2.56. The Balaban J connectivity index is 1.83. The van der Waals surface area contributed by atoms with Gasteiger partial charge in [-0.1, -0.05) is 13.8 Å². The molecule has 0 aliphatic carbocycles. The van der Waals surface area contributed by atoms with Gasteiger partial charge in [0, 0.05) is 42.2 Å². The first-order valence-corrected chi connectivity index (χ1v) is 8.11. The second-order valence-electron chi connectivity index (χ2n) is 5.55. The molecule has 2 rings (SSSR count). The molecule has 1 aromatic rings. The minimum atomic E-state index is -0.464. The highest BCUT2D eigenvalue weighted by Crippen LogP contribution is 2.24. The van der Waals surface area contributed by atoms with Gasteiger partial charge < -0.3 is 16.0 Å². The van der Waals surface area contributed by atoms with Crippen LogP contribution < -0.4 is 11.1 Å². The third-order valence-electron chi connectivity index (χ3n) is 3.41. The number of carbonyl (C=O) groups excluding carboxylic acids is 1. The lowest BCUT2D eigenvalue weighted by Gasteiger charge is -2.34. The zero-order valence-electron chi connectivity index (χ0n) is 12.4. The Labute approximate surface area is 129 Å². The number of nitrogens with two attached hydrogens (primary N) is 1. The van der Waals surface area contributed by atoms with Gasteiger partial charge >= 0.3 is 0 Å².